The molecule has 2 N–H and O–H groups in total. The molecule has 1 amide bonds. The van der Waals surface area contributed by atoms with Gasteiger partial charge in [0.1, 0.15) is 23.2 Å². The minimum atomic E-state index is -0.341. The molecule has 6 heteroatoms. The van der Waals surface area contributed by atoms with Gasteiger partial charge in [0, 0.05) is 10.7 Å². The van der Waals surface area contributed by atoms with Crippen LogP contribution in [0, 0.1) is 11.3 Å². The number of hydrogen-bond donors (Lipinski definition) is 2. The van der Waals surface area contributed by atoms with Crippen LogP contribution in [0.25, 0.3) is 0 Å². The van der Waals surface area contributed by atoms with Crippen LogP contribution in [0.2, 0.25) is 0 Å². The van der Waals surface area contributed by atoms with Gasteiger partial charge in [-0.2, -0.15) is 5.26 Å². The van der Waals surface area contributed by atoms with Crippen molar-refractivity contribution in [3.8, 4) is 11.8 Å². The van der Waals surface area contributed by atoms with E-state index in [4.69, 9.17) is 10.00 Å². The molecule has 0 saturated heterocycles. The largest absolute Gasteiger partial charge is 0.495 e. The molecule has 0 aliphatic carbocycles. The molecule has 2 rings (SSSR count). The van der Waals surface area contributed by atoms with E-state index < -0.39 is 0 Å². The molecular formula is C13H10BrN3O2. The zero-order valence-corrected chi connectivity index (χ0v) is 11.6. The highest BCUT2D eigenvalue weighted by atomic mass is 79.9. The van der Waals surface area contributed by atoms with Gasteiger partial charge in [-0.1, -0.05) is 6.07 Å². The van der Waals surface area contributed by atoms with Gasteiger partial charge >= 0.3 is 0 Å². The zero-order valence-electron chi connectivity index (χ0n) is 10.0. The lowest BCUT2D eigenvalue weighted by Gasteiger charge is -2.10. The fourth-order valence-electron chi connectivity index (χ4n) is 1.60. The number of nitriles is 1. The lowest BCUT2D eigenvalue weighted by atomic mass is 10.1. The van der Waals surface area contributed by atoms with E-state index in [0.29, 0.717) is 22.7 Å². The third kappa shape index (κ3) is 2.77. The molecular weight excluding hydrogens is 310 g/mol. The SMILES string of the molecule is COc1cccc(C#N)c1NC(=O)c1cc(Br)c[nH]1. The maximum Gasteiger partial charge on any atom is 0.272 e. The Morgan fingerprint density at radius 1 is 1.53 bits per heavy atom. The Bertz CT molecular complexity index is 658. The standard InChI is InChI=1S/C13H10BrN3O2/c1-19-11-4-2-3-8(6-15)12(11)17-13(18)10-5-9(14)7-16-10/h2-5,7,16H,1H3,(H,17,18). The molecule has 0 saturated carbocycles. The number of halogens is 1. The molecule has 5 nitrogen and oxygen atoms in total. The molecule has 1 heterocycles. The maximum atomic E-state index is 12.0. The smallest absolute Gasteiger partial charge is 0.272 e. The number of benzene rings is 1. The monoisotopic (exact) mass is 319 g/mol. The predicted molar refractivity (Wildman–Crippen MR) is 74.2 cm³/mol. The summed E-state index contributed by atoms with van der Waals surface area (Å²) < 4.78 is 5.92. The summed E-state index contributed by atoms with van der Waals surface area (Å²) in [5.41, 5.74) is 1.10. The van der Waals surface area contributed by atoms with Gasteiger partial charge in [-0.25, -0.2) is 0 Å². The van der Waals surface area contributed by atoms with E-state index in [-0.39, 0.29) is 5.91 Å². The van der Waals surface area contributed by atoms with Crippen molar-refractivity contribution in [3.05, 3.63) is 46.2 Å². The molecule has 0 aliphatic heterocycles. The van der Waals surface area contributed by atoms with Gasteiger partial charge in [-0.05, 0) is 34.1 Å². The van der Waals surface area contributed by atoms with E-state index in [1.807, 2.05) is 6.07 Å². The number of aromatic nitrogens is 1. The molecule has 0 unspecified atom stereocenters. The summed E-state index contributed by atoms with van der Waals surface area (Å²) in [4.78, 5) is 14.9. The number of hydrogen-bond acceptors (Lipinski definition) is 3. The molecule has 19 heavy (non-hydrogen) atoms. The summed E-state index contributed by atoms with van der Waals surface area (Å²) in [6.45, 7) is 0. The van der Waals surface area contributed by atoms with Gasteiger partial charge in [-0.15, -0.1) is 0 Å². The molecule has 0 bridgehead atoms. The number of nitrogens with one attached hydrogen (secondary N) is 2. The number of para-hydroxylation sites is 1. The molecule has 96 valence electrons. The summed E-state index contributed by atoms with van der Waals surface area (Å²) in [5.74, 6) is 0.102. The van der Waals surface area contributed by atoms with Crippen molar-refractivity contribution in [2.24, 2.45) is 0 Å². The van der Waals surface area contributed by atoms with Crippen LogP contribution in [0.4, 0.5) is 5.69 Å². The first-order valence-electron chi connectivity index (χ1n) is 5.38. The first-order valence-corrected chi connectivity index (χ1v) is 6.17. The van der Waals surface area contributed by atoms with Crippen molar-refractivity contribution in [1.29, 1.82) is 5.26 Å². The highest BCUT2D eigenvalue weighted by Crippen LogP contribution is 2.28. The molecule has 2 aromatic rings. The number of anilines is 1. The number of amides is 1. The molecule has 0 aliphatic rings. The molecule has 1 aromatic heterocycles. The Balaban J connectivity index is 2.33. The average Bonchev–Trinajstić information content (AvgIpc) is 2.85. The van der Waals surface area contributed by atoms with E-state index >= 15 is 0 Å². The Morgan fingerprint density at radius 3 is 2.89 bits per heavy atom. The van der Waals surface area contributed by atoms with E-state index in [1.54, 1.807) is 30.5 Å². The van der Waals surface area contributed by atoms with Crippen LogP contribution in [0.15, 0.2) is 34.9 Å². The summed E-state index contributed by atoms with van der Waals surface area (Å²) in [7, 11) is 1.48. The fourth-order valence-corrected chi connectivity index (χ4v) is 1.95. The number of ether oxygens (including phenoxy) is 1. The second kappa shape index (κ2) is 5.59. The quantitative estimate of drug-likeness (QED) is 0.913. The minimum Gasteiger partial charge on any atom is -0.495 e. The number of H-pyrrole nitrogens is 1. The van der Waals surface area contributed by atoms with Gasteiger partial charge in [0.05, 0.1) is 12.7 Å². The van der Waals surface area contributed by atoms with E-state index in [0.717, 1.165) is 4.47 Å². The highest BCUT2D eigenvalue weighted by molar-refractivity contribution is 9.10. The van der Waals surface area contributed by atoms with Crippen LogP contribution in [0.5, 0.6) is 5.75 Å². The molecule has 0 spiro atoms. The van der Waals surface area contributed by atoms with Crippen LogP contribution in [-0.2, 0) is 0 Å². The third-order valence-electron chi connectivity index (χ3n) is 2.50. The van der Waals surface area contributed by atoms with E-state index in [2.05, 4.69) is 26.2 Å². The number of carbonyl (C=O) groups excluding carboxylic acids is 1. The van der Waals surface area contributed by atoms with Crippen LogP contribution in [0.1, 0.15) is 16.1 Å². The van der Waals surface area contributed by atoms with Gasteiger partial charge in [0.25, 0.3) is 5.91 Å². The number of aromatic amines is 1. The molecule has 1 aromatic carbocycles. The minimum absolute atomic E-state index is 0.341. The average molecular weight is 320 g/mol. The first kappa shape index (κ1) is 13.2. The number of methoxy groups -OCH3 is 1. The highest BCUT2D eigenvalue weighted by Gasteiger charge is 2.14. The number of rotatable bonds is 3. The summed E-state index contributed by atoms with van der Waals surface area (Å²) in [6, 6.07) is 8.66. The van der Waals surface area contributed by atoms with Gasteiger partial charge in [-0.3, -0.25) is 4.79 Å². The van der Waals surface area contributed by atoms with E-state index in [9.17, 15) is 4.79 Å². The normalized spacial score (nSPS) is 9.74. The third-order valence-corrected chi connectivity index (χ3v) is 2.96. The number of nitrogens with zero attached hydrogens (tertiary/aromatic N) is 1. The second-order valence-electron chi connectivity index (χ2n) is 3.68. The Kier molecular flexibility index (Phi) is 3.88. The van der Waals surface area contributed by atoms with Crippen molar-refractivity contribution >= 4 is 27.5 Å². The fraction of sp³-hybridized carbons (Fsp3) is 0.0769. The number of carbonyl (C=O) groups is 1. The lowest BCUT2D eigenvalue weighted by Crippen LogP contribution is -2.14. The van der Waals surface area contributed by atoms with Gasteiger partial charge in [0.15, 0.2) is 0 Å². The van der Waals surface area contributed by atoms with Crippen molar-refractivity contribution in [1.82, 2.24) is 4.98 Å². The zero-order chi connectivity index (χ0) is 13.8. The van der Waals surface area contributed by atoms with Crippen LogP contribution in [-0.4, -0.2) is 18.0 Å². The van der Waals surface area contributed by atoms with Crippen molar-refractivity contribution < 1.29 is 9.53 Å². The van der Waals surface area contributed by atoms with Crippen LogP contribution < -0.4 is 10.1 Å². The lowest BCUT2D eigenvalue weighted by molar-refractivity contribution is 0.102. The van der Waals surface area contributed by atoms with E-state index in [1.165, 1.54) is 7.11 Å². The Morgan fingerprint density at radius 2 is 2.32 bits per heavy atom. The second-order valence-corrected chi connectivity index (χ2v) is 4.60. The molecule has 0 fully saturated rings. The maximum absolute atomic E-state index is 12.0. The van der Waals surface area contributed by atoms with Crippen molar-refractivity contribution in [2.45, 2.75) is 0 Å². The van der Waals surface area contributed by atoms with Crippen LogP contribution >= 0.6 is 15.9 Å². The first-order chi connectivity index (χ1) is 9.15. The Labute approximate surface area is 118 Å². The molecule has 0 atom stereocenters. The molecule has 0 radical (unpaired) electrons. The summed E-state index contributed by atoms with van der Waals surface area (Å²) in [5, 5.41) is 11.7. The van der Waals surface area contributed by atoms with Crippen molar-refractivity contribution in [3.63, 3.8) is 0 Å². The topological polar surface area (TPSA) is 77.9 Å². The Hall–Kier alpha value is -2.26. The predicted octanol–water partition coefficient (Wildman–Crippen LogP) is 2.91. The summed E-state index contributed by atoms with van der Waals surface area (Å²) in [6.07, 6.45) is 1.66. The summed E-state index contributed by atoms with van der Waals surface area (Å²) >= 11 is 3.25. The van der Waals surface area contributed by atoms with Gasteiger partial charge in [0.2, 0.25) is 0 Å². The van der Waals surface area contributed by atoms with Crippen molar-refractivity contribution in [2.75, 3.05) is 12.4 Å². The van der Waals surface area contributed by atoms with Gasteiger partial charge < -0.3 is 15.0 Å². The van der Waals surface area contributed by atoms with Crippen LogP contribution in [0.3, 0.4) is 0 Å².